The topological polar surface area (TPSA) is 65.8 Å². The van der Waals surface area contributed by atoms with Crippen LogP contribution in [0.4, 0.5) is 0 Å². The Morgan fingerprint density at radius 1 is 1.33 bits per heavy atom. The Hall–Kier alpha value is -2.54. The molecule has 0 bridgehead atoms. The fraction of sp³-hybridized carbons (Fsp3) is 0.412. The van der Waals surface area contributed by atoms with Crippen LogP contribution >= 0.6 is 0 Å². The molecule has 4 rings (SSSR count). The Labute approximate surface area is 139 Å². The number of imidazole rings is 1. The summed E-state index contributed by atoms with van der Waals surface area (Å²) in [5.74, 6) is 1.50. The first kappa shape index (κ1) is 15.0. The third-order valence-corrected chi connectivity index (χ3v) is 4.39. The number of ether oxygens (including phenoxy) is 3. The summed E-state index contributed by atoms with van der Waals surface area (Å²) in [6.07, 6.45) is 3.63. The van der Waals surface area contributed by atoms with E-state index in [0.717, 1.165) is 12.2 Å². The van der Waals surface area contributed by atoms with Crippen LogP contribution in [0, 0.1) is 5.92 Å². The van der Waals surface area contributed by atoms with Crippen LogP contribution in [0.1, 0.15) is 16.1 Å². The lowest BCUT2D eigenvalue weighted by atomic mass is 10.1. The minimum absolute atomic E-state index is 0.0240. The first-order chi connectivity index (χ1) is 11.7. The molecule has 126 valence electrons. The summed E-state index contributed by atoms with van der Waals surface area (Å²) in [5, 5.41) is 0. The van der Waals surface area contributed by atoms with E-state index in [4.69, 9.17) is 14.2 Å². The van der Waals surface area contributed by atoms with Gasteiger partial charge in [0.05, 0.1) is 25.2 Å². The Bertz CT molecular complexity index is 758. The van der Waals surface area contributed by atoms with E-state index >= 15 is 0 Å². The molecular weight excluding hydrogens is 310 g/mol. The van der Waals surface area contributed by atoms with Crippen LogP contribution in [0.3, 0.4) is 0 Å². The van der Waals surface area contributed by atoms with E-state index in [1.165, 1.54) is 0 Å². The molecule has 7 heteroatoms. The number of hydrogen-bond acceptors (Lipinski definition) is 5. The maximum Gasteiger partial charge on any atom is 0.254 e. The molecule has 1 unspecified atom stereocenters. The van der Waals surface area contributed by atoms with Crippen LogP contribution in [0.15, 0.2) is 30.7 Å². The van der Waals surface area contributed by atoms with Gasteiger partial charge in [0.15, 0.2) is 11.5 Å². The summed E-state index contributed by atoms with van der Waals surface area (Å²) < 4.78 is 18.1. The van der Waals surface area contributed by atoms with Gasteiger partial charge < -0.3 is 23.7 Å². The lowest BCUT2D eigenvalue weighted by Gasteiger charge is -2.24. The Balaban J connectivity index is 1.60. The highest BCUT2D eigenvalue weighted by atomic mass is 16.7. The first-order valence-corrected chi connectivity index (χ1v) is 7.91. The molecule has 0 fully saturated rings. The minimum Gasteiger partial charge on any atom is -0.454 e. The van der Waals surface area contributed by atoms with E-state index in [0.29, 0.717) is 36.8 Å². The fourth-order valence-electron chi connectivity index (χ4n) is 3.26. The van der Waals surface area contributed by atoms with E-state index in [1.807, 2.05) is 17.4 Å². The lowest BCUT2D eigenvalue weighted by molar-refractivity contribution is 0.0667. The number of rotatable bonds is 3. The number of carbonyl (C=O) groups is 1. The average molecular weight is 329 g/mol. The van der Waals surface area contributed by atoms with E-state index in [9.17, 15) is 4.79 Å². The zero-order chi connectivity index (χ0) is 16.5. The second kappa shape index (κ2) is 6.16. The maximum atomic E-state index is 13.0. The normalized spacial score (nSPS) is 19.0. The van der Waals surface area contributed by atoms with Crippen LogP contribution in [-0.4, -0.2) is 47.4 Å². The molecule has 24 heavy (non-hydrogen) atoms. The van der Waals surface area contributed by atoms with Crippen molar-refractivity contribution in [2.45, 2.75) is 13.1 Å². The molecule has 3 heterocycles. The van der Waals surface area contributed by atoms with Crippen molar-refractivity contribution in [3.05, 3.63) is 42.0 Å². The number of hydrogen-bond donors (Lipinski definition) is 0. The Morgan fingerprint density at radius 3 is 3.08 bits per heavy atom. The molecule has 1 aromatic carbocycles. The SMILES string of the molecule is COCC1CN(C(=O)c2ccc3c(c2)OCO3)Cc2cncn2C1. The predicted molar refractivity (Wildman–Crippen MR) is 84.9 cm³/mol. The van der Waals surface area contributed by atoms with Crippen LogP contribution in [-0.2, 0) is 17.8 Å². The number of amides is 1. The standard InChI is InChI=1S/C17H19N3O4/c1-22-9-12-6-19(8-14-5-18-10-20(14)7-12)17(21)13-2-3-15-16(4-13)24-11-23-15/h2-5,10,12H,6-9,11H2,1H3. The van der Waals surface area contributed by atoms with Crippen LogP contribution in [0.2, 0.25) is 0 Å². The zero-order valence-electron chi connectivity index (χ0n) is 13.5. The van der Waals surface area contributed by atoms with Gasteiger partial charge in [0, 0.05) is 37.9 Å². The van der Waals surface area contributed by atoms with Gasteiger partial charge in [0.1, 0.15) is 0 Å². The van der Waals surface area contributed by atoms with Gasteiger partial charge in [0.2, 0.25) is 6.79 Å². The molecule has 2 aromatic rings. The van der Waals surface area contributed by atoms with Crippen molar-refractivity contribution < 1.29 is 19.0 Å². The molecule has 0 saturated heterocycles. The molecule has 2 aliphatic heterocycles. The summed E-state index contributed by atoms with van der Waals surface area (Å²) in [5.41, 5.74) is 1.63. The minimum atomic E-state index is -0.0240. The van der Waals surface area contributed by atoms with Crippen LogP contribution < -0.4 is 9.47 Å². The molecule has 7 nitrogen and oxygen atoms in total. The van der Waals surface area contributed by atoms with E-state index < -0.39 is 0 Å². The largest absolute Gasteiger partial charge is 0.454 e. The van der Waals surface area contributed by atoms with Gasteiger partial charge in [-0.15, -0.1) is 0 Å². The number of methoxy groups -OCH3 is 1. The molecule has 2 aliphatic rings. The van der Waals surface area contributed by atoms with Crippen LogP contribution in [0.5, 0.6) is 11.5 Å². The quantitative estimate of drug-likeness (QED) is 0.854. The number of aromatic nitrogens is 2. The lowest BCUT2D eigenvalue weighted by Crippen LogP contribution is -2.35. The number of nitrogens with zero attached hydrogens (tertiary/aromatic N) is 3. The van der Waals surface area contributed by atoms with Crippen molar-refractivity contribution in [1.29, 1.82) is 0 Å². The van der Waals surface area contributed by atoms with Crippen molar-refractivity contribution in [2.75, 3.05) is 27.1 Å². The zero-order valence-corrected chi connectivity index (χ0v) is 13.5. The summed E-state index contributed by atoms with van der Waals surface area (Å²) in [6, 6.07) is 5.31. The molecule has 0 radical (unpaired) electrons. The predicted octanol–water partition coefficient (Wildman–Crippen LogP) is 1.53. The number of benzene rings is 1. The van der Waals surface area contributed by atoms with E-state index in [-0.39, 0.29) is 18.6 Å². The molecule has 1 aromatic heterocycles. The van der Waals surface area contributed by atoms with Crippen molar-refractivity contribution in [3.8, 4) is 11.5 Å². The first-order valence-electron chi connectivity index (χ1n) is 7.91. The van der Waals surface area contributed by atoms with Gasteiger partial charge in [-0.1, -0.05) is 0 Å². The fourth-order valence-corrected chi connectivity index (χ4v) is 3.26. The summed E-state index contributed by atoms with van der Waals surface area (Å²) >= 11 is 0. The molecule has 0 aliphatic carbocycles. The molecule has 0 N–H and O–H groups in total. The van der Waals surface area contributed by atoms with Gasteiger partial charge in [-0.2, -0.15) is 0 Å². The third-order valence-electron chi connectivity index (χ3n) is 4.39. The van der Waals surface area contributed by atoms with Crippen molar-refractivity contribution in [1.82, 2.24) is 14.5 Å². The van der Waals surface area contributed by atoms with Gasteiger partial charge >= 0.3 is 0 Å². The maximum absolute atomic E-state index is 13.0. The molecular formula is C17H19N3O4. The van der Waals surface area contributed by atoms with Crippen LogP contribution in [0.25, 0.3) is 0 Å². The third kappa shape index (κ3) is 2.71. The number of fused-ring (bicyclic) bond motifs is 2. The Kier molecular flexibility index (Phi) is 3.86. The average Bonchev–Trinajstić information content (AvgIpc) is 3.19. The monoisotopic (exact) mass is 329 g/mol. The van der Waals surface area contributed by atoms with E-state index in [2.05, 4.69) is 9.55 Å². The van der Waals surface area contributed by atoms with Crippen molar-refractivity contribution in [2.24, 2.45) is 5.92 Å². The molecule has 0 spiro atoms. The van der Waals surface area contributed by atoms with Crippen molar-refractivity contribution in [3.63, 3.8) is 0 Å². The van der Waals surface area contributed by atoms with Gasteiger partial charge in [-0.25, -0.2) is 4.98 Å². The highest BCUT2D eigenvalue weighted by molar-refractivity contribution is 5.95. The van der Waals surface area contributed by atoms with Gasteiger partial charge in [0.25, 0.3) is 5.91 Å². The summed E-state index contributed by atoms with van der Waals surface area (Å²) in [6.45, 7) is 2.78. The second-order valence-corrected chi connectivity index (χ2v) is 6.11. The Morgan fingerprint density at radius 2 is 2.21 bits per heavy atom. The number of carbonyl (C=O) groups excluding carboxylic acids is 1. The van der Waals surface area contributed by atoms with Gasteiger partial charge in [-0.05, 0) is 18.2 Å². The molecule has 1 atom stereocenters. The molecule has 0 saturated carbocycles. The summed E-state index contributed by atoms with van der Waals surface area (Å²) in [7, 11) is 1.68. The highest BCUT2D eigenvalue weighted by Gasteiger charge is 2.27. The van der Waals surface area contributed by atoms with Gasteiger partial charge in [-0.3, -0.25) is 4.79 Å². The highest BCUT2D eigenvalue weighted by Crippen LogP contribution is 2.33. The molecule has 1 amide bonds. The summed E-state index contributed by atoms with van der Waals surface area (Å²) in [4.78, 5) is 19.0. The smallest absolute Gasteiger partial charge is 0.254 e. The second-order valence-electron chi connectivity index (χ2n) is 6.11. The van der Waals surface area contributed by atoms with Crippen molar-refractivity contribution >= 4 is 5.91 Å². The van der Waals surface area contributed by atoms with E-state index in [1.54, 1.807) is 25.3 Å².